The fourth-order valence-electron chi connectivity index (χ4n) is 2.90. The summed E-state index contributed by atoms with van der Waals surface area (Å²) >= 11 is 0. The number of carbonyl (C=O) groups excluding carboxylic acids is 2. The summed E-state index contributed by atoms with van der Waals surface area (Å²) in [5.74, 6) is -1.66. The molecular weight excluding hydrogens is 274 g/mol. The number of esters is 1. The monoisotopic (exact) mass is 293 g/mol. The van der Waals surface area contributed by atoms with E-state index in [0.29, 0.717) is 19.4 Å². The number of ether oxygens (including phenoxy) is 2. The molecule has 114 valence electrons. The van der Waals surface area contributed by atoms with Gasteiger partial charge in [-0.2, -0.15) is 4.79 Å². The number of hydrogen-bond donors (Lipinski definition) is 0. The predicted molar refractivity (Wildman–Crippen MR) is 73.3 cm³/mol. The maximum atomic E-state index is 12.6. The van der Waals surface area contributed by atoms with Crippen molar-refractivity contribution in [1.29, 1.82) is 0 Å². The van der Waals surface area contributed by atoms with Crippen molar-refractivity contribution in [3.05, 3.63) is 17.7 Å². The van der Waals surface area contributed by atoms with Crippen molar-refractivity contribution in [3.63, 3.8) is 0 Å². The van der Waals surface area contributed by atoms with E-state index < -0.39 is 23.3 Å². The van der Waals surface area contributed by atoms with E-state index in [0.717, 1.165) is 31.9 Å². The number of hydrogen-bond acceptors (Lipinski definition) is 4. The van der Waals surface area contributed by atoms with E-state index in [-0.39, 0.29) is 6.54 Å². The van der Waals surface area contributed by atoms with Gasteiger partial charge in [-0.15, -0.1) is 0 Å². The summed E-state index contributed by atoms with van der Waals surface area (Å²) in [4.78, 5) is 28.4. The van der Waals surface area contributed by atoms with Crippen LogP contribution < -0.4 is 0 Å². The third-order valence-corrected chi connectivity index (χ3v) is 3.98. The normalized spacial score (nSPS) is 20.8. The molecule has 1 aliphatic carbocycles. The lowest BCUT2D eigenvalue weighted by Gasteiger charge is -2.48. The van der Waals surface area contributed by atoms with Crippen LogP contribution in [0.3, 0.4) is 0 Å². The van der Waals surface area contributed by atoms with Crippen LogP contribution in [0, 0.1) is 0 Å². The molecule has 2 rings (SSSR count). The highest BCUT2D eigenvalue weighted by molar-refractivity contribution is 6.61. The molecule has 7 heteroatoms. The average Bonchev–Trinajstić information content (AvgIpc) is 2.51. The summed E-state index contributed by atoms with van der Waals surface area (Å²) in [5, 5.41) is 0. The summed E-state index contributed by atoms with van der Waals surface area (Å²) in [6, 6.07) is 0. The largest absolute Gasteiger partial charge is 0.463 e. The molecule has 0 N–H and O–H groups in total. The number of nitrogens with zero attached hydrogens (tertiary/aromatic N) is 3. The van der Waals surface area contributed by atoms with Crippen molar-refractivity contribution in [1.82, 2.24) is 4.90 Å². The molecule has 1 saturated heterocycles. The van der Waals surface area contributed by atoms with E-state index in [9.17, 15) is 9.59 Å². The van der Waals surface area contributed by atoms with Crippen LogP contribution in [0.4, 0.5) is 0 Å². The van der Waals surface area contributed by atoms with Crippen LogP contribution in [0.2, 0.25) is 0 Å². The second kappa shape index (κ2) is 6.20. The average molecular weight is 293 g/mol. The topological polar surface area (TPSA) is 92.2 Å². The molecule has 0 bridgehead atoms. The Bertz CT molecular complexity index is 516. The second-order valence-corrected chi connectivity index (χ2v) is 5.38. The number of methoxy groups -OCH3 is 1. The Kier molecular flexibility index (Phi) is 4.55. The first-order valence-corrected chi connectivity index (χ1v) is 6.97. The first-order valence-electron chi connectivity index (χ1n) is 6.97. The summed E-state index contributed by atoms with van der Waals surface area (Å²) in [7, 11) is 1.13. The van der Waals surface area contributed by atoms with Gasteiger partial charge in [0.2, 0.25) is 0 Å². The SMILES string of the molecule is C=C1COC2(CCCCC2)N(C(=O)C(=[N+]=[N-])C(=O)OC)C1. The van der Waals surface area contributed by atoms with Crippen molar-refractivity contribution >= 4 is 17.6 Å². The molecule has 21 heavy (non-hydrogen) atoms. The molecule has 1 amide bonds. The van der Waals surface area contributed by atoms with E-state index in [1.807, 2.05) is 0 Å². The molecule has 2 aliphatic rings. The quantitative estimate of drug-likeness (QED) is 0.189. The molecule has 0 aromatic rings. The highest BCUT2D eigenvalue weighted by atomic mass is 16.5. The number of rotatable bonds is 2. The summed E-state index contributed by atoms with van der Waals surface area (Å²) in [5.41, 5.74) is 8.32. The van der Waals surface area contributed by atoms with Crippen LogP contribution in [0.5, 0.6) is 0 Å². The van der Waals surface area contributed by atoms with Gasteiger partial charge in [0.1, 0.15) is 5.72 Å². The maximum absolute atomic E-state index is 12.6. The van der Waals surface area contributed by atoms with Gasteiger partial charge in [-0.25, -0.2) is 4.79 Å². The molecule has 1 aliphatic heterocycles. The van der Waals surface area contributed by atoms with Crippen LogP contribution in [0.15, 0.2) is 12.2 Å². The van der Waals surface area contributed by atoms with Crippen molar-refractivity contribution in [2.45, 2.75) is 37.8 Å². The zero-order valence-electron chi connectivity index (χ0n) is 12.1. The van der Waals surface area contributed by atoms with Gasteiger partial charge in [0.15, 0.2) is 0 Å². The van der Waals surface area contributed by atoms with Gasteiger partial charge >= 0.3 is 17.6 Å². The Labute approximate surface area is 123 Å². The molecule has 0 aromatic heterocycles. The molecular formula is C14H19N3O4. The van der Waals surface area contributed by atoms with Crippen LogP contribution in [0.1, 0.15) is 32.1 Å². The molecule has 2 fully saturated rings. The minimum absolute atomic E-state index is 0.287. The minimum atomic E-state index is -0.968. The Morgan fingerprint density at radius 3 is 2.62 bits per heavy atom. The molecule has 0 aromatic carbocycles. The predicted octanol–water partition coefficient (Wildman–Crippen LogP) is 0.906. The van der Waals surface area contributed by atoms with Crippen LogP contribution in [-0.4, -0.2) is 53.3 Å². The second-order valence-electron chi connectivity index (χ2n) is 5.38. The molecule has 7 nitrogen and oxygen atoms in total. The summed E-state index contributed by atoms with van der Waals surface area (Å²) < 4.78 is 10.4. The minimum Gasteiger partial charge on any atom is -0.460 e. The lowest BCUT2D eigenvalue weighted by atomic mass is 9.88. The molecule has 1 spiro atoms. The first-order chi connectivity index (χ1) is 10.0. The molecule has 1 heterocycles. The van der Waals surface area contributed by atoms with Crippen molar-refractivity contribution in [2.24, 2.45) is 0 Å². The fraction of sp³-hybridized carbons (Fsp3) is 0.643. The molecule has 0 radical (unpaired) electrons. The van der Waals surface area contributed by atoms with E-state index in [2.05, 4.69) is 16.1 Å². The zero-order valence-corrected chi connectivity index (χ0v) is 12.1. The van der Waals surface area contributed by atoms with Crippen LogP contribution >= 0.6 is 0 Å². The maximum Gasteiger partial charge on any atom is 0.463 e. The third kappa shape index (κ3) is 2.89. The highest BCUT2D eigenvalue weighted by Crippen LogP contribution is 2.38. The highest BCUT2D eigenvalue weighted by Gasteiger charge is 2.49. The van der Waals surface area contributed by atoms with E-state index >= 15 is 0 Å². The van der Waals surface area contributed by atoms with E-state index in [4.69, 9.17) is 10.3 Å². The van der Waals surface area contributed by atoms with E-state index in [1.165, 1.54) is 4.90 Å². The Morgan fingerprint density at radius 1 is 1.38 bits per heavy atom. The van der Waals surface area contributed by atoms with E-state index in [1.54, 1.807) is 0 Å². The van der Waals surface area contributed by atoms with Gasteiger partial charge in [0, 0.05) is 6.54 Å². The summed E-state index contributed by atoms with van der Waals surface area (Å²) in [6.07, 6.45) is 4.38. The fourth-order valence-corrected chi connectivity index (χ4v) is 2.90. The van der Waals surface area contributed by atoms with Gasteiger partial charge in [-0.1, -0.05) is 13.0 Å². The third-order valence-electron chi connectivity index (χ3n) is 3.98. The van der Waals surface area contributed by atoms with Gasteiger partial charge in [-0.3, -0.25) is 9.69 Å². The zero-order chi connectivity index (χ0) is 15.5. The lowest BCUT2D eigenvalue weighted by Crippen LogP contribution is -2.60. The molecule has 0 unspecified atom stereocenters. The Morgan fingerprint density at radius 2 is 2.05 bits per heavy atom. The van der Waals surface area contributed by atoms with Crippen LogP contribution in [-0.2, 0) is 19.1 Å². The summed E-state index contributed by atoms with van der Waals surface area (Å²) in [6.45, 7) is 4.52. The lowest BCUT2D eigenvalue weighted by molar-refractivity contribution is -0.192. The van der Waals surface area contributed by atoms with Crippen LogP contribution in [0.25, 0.3) is 5.53 Å². The van der Waals surface area contributed by atoms with Gasteiger partial charge < -0.3 is 15.0 Å². The first kappa shape index (κ1) is 15.4. The molecule has 1 saturated carbocycles. The van der Waals surface area contributed by atoms with Gasteiger partial charge in [0.25, 0.3) is 0 Å². The Hall–Kier alpha value is -1.98. The van der Waals surface area contributed by atoms with Gasteiger partial charge in [0.05, 0.1) is 13.7 Å². The van der Waals surface area contributed by atoms with Crippen molar-refractivity contribution < 1.29 is 23.9 Å². The number of carbonyl (C=O) groups is 2. The molecule has 0 atom stereocenters. The smallest absolute Gasteiger partial charge is 0.460 e. The standard InChI is InChI=1S/C14H19N3O4/c1-10-8-17(12(18)11(16-15)13(19)20-2)14(21-9-10)6-4-3-5-7-14/h1,3-9H2,2H3. The Balaban J connectivity index is 2.31. The number of amides is 1. The van der Waals surface area contributed by atoms with Gasteiger partial charge in [-0.05, 0) is 31.3 Å². The van der Waals surface area contributed by atoms with Crippen molar-refractivity contribution in [2.75, 3.05) is 20.3 Å². The van der Waals surface area contributed by atoms with Crippen molar-refractivity contribution in [3.8, 4) is 0 Å².